The lowest BCUT2D eigenvalue weighted by Gasteiger charge is -2.09. The molecule has 1 aromatic carbocycles. The highest BCUT2D eigenvalue weighted by atomic mass is 35.5. The zero-order valence-corrected chi connectivity index (χ0v) is 14.8. The van der Waals surface area contributed by atoms with Gasteiger partial charge >= 0.3 is 0 Å². The molecule has 0 unspecified atom stereocenters. The van der Waals surface area contributed by atoms with Crippen LogP contribution in [0.1, 0.15) is 32.3 Å². The van der Waals surface area contributed by atoms with Gasteiger partial charge in [0.1, 0.15) is 6.61 Å². The van der Waals surface area contributed by atoms with E-state index in [4.69, 9.17) is 16.4 Å². The van der Waals surface area contributed by atoms with Gasteiger partial charge < -0.3 is 9.74 Å². The topological polar surface area (TPSA) is 24.8 Å². The maximum absolute atomic E-state index is 5.90. The van der Waals surface area contributed by atoms with Crippen molar-refractivity contribution in [1.29, 1.82) is 0 Å². The van der Waals surface area contributed by atoms with Gasteiger partial charge in [0.15, 0.2) is 0 Å². The van der Waals surface area contributed by atoms with Gasteiger partial charge in [-0.1, -0.05) is 48.8 Å². The van der Waals surface area contributed by atoms with Crippen molar-refractivity contribution in [2.24, 2.45) is 11.1 Å². The van der Waals surface area contributed by atoms with Crippen LogP contribution in [-0.4, -0.2) is 37.9 Å². The number of hydrogen-bond acceptors (Lipinski definition) is 3. The Morgan fingerprint density at radius 3 is 2.55 bits per heavy atom. The molecule has 1 aromatic rings. The third-order valence-corrected chi connectivity index (χ3v) is 3.38. The van der Waals surface area contributed by atoms with Crippen LogP contribution in [-0.2, 0) is 4.84 Å². The molecule has 122 valence electrons. The van der Waals surface area contributed by atoms with Gasteiger partial charge in [-0.3, -0.25) is 0 Å². The first-order valence-electron chi connectivity index (χ1n) is 7.74. The van der Waals surface area contributed by atoms with E-state index < -0.39 is 0 Å². The van der Waals surface area contributed by atoms with Gasteiger partial charge in [0.25, 0.3) is 0 Å². The van der Waals surface area contributed by atoms with Crippen molar-refractivity contribution >= 4 is 23.4 Å². The number of nitrogens with zero attached hydrogens (tertiary/aromatic N) is 2. The molecule has 4 heteroatoms. The molecule has 0 aliphatic carbocycles. The number of benzene rings is 1. The Morgan fingerprint density at radius 1 is 1.27 bits per heavy atom. The lowest BCUT2D eigenvalue weighted by molar-refractivity contribution is 0.125. The molecule has 0 bridgehead atoms. The van der Waals surface area contributed by atoms with E-state index in [1.807, 2.05) is 50.5 Å². The van der Waals surface area contributed by atoms with E-state index in [2.05, 4.69) is 23.9 Å². The molecule has 0 aromatic heterocycles. The number of hydrogen-bond donors (Lipinski definition) is 0. The quantitative estimate of drug-likeness (QED) is 0.373. The van der Waals surface area contributed by atoms with Gasteiger partial charge in [-0.05, 0) is 56.6 Å². The molecule has 0 heterocycles. The van der Waals surface area contributed by atoms with Crippen molar-refractivity contribution in [2.45, 2.75) is 26.7 Å². The molecule has 0 fully saturated rings. The molecule has 0 saturated heterocycles. The van der Waals surface area contributed by atoms with Crippen molar-refractivity contribution in [3.63, 3.8) is 0 Å². The third-order valence-electron chi connectivity index (χ3n) is 3.13. The molecule has 22 heavy (non-hydrogen) atoms. The van der Waals surface area contributed by atoms with Gasteiger partial charge in [0, 0.05) is 11.6 Å². The molecule has 0 N–H and O–H groups in total. The highest BCUT2D eigenvalue weighted by molar-refractivity contribution is 6.30. The number of rotatable bonds is 9. The number of halogens is 1. The first-order valence-corrected chi connectivity index (χ1v) is 8.12. The van der Waals surface area contributed by atoms with Crippen LogP contribution in [0.15, 0.2) is 35.5 Å². The van der Waals surface area contributed by atoms with Crippen molar-refractivity contribution < 1.29 is 4.84 Å². The molecule has 1 rings (SSSR count). The summed E-state index contributed by atoms with van der Waals surface area (Å²) in [7, 11) is 4.04. The molecular weight excluding hydrogens is 296 g/mol. The van der Waals surface area contributed by atoms with Gasteiger partial charge in [-0.15, -0.1) is 0 Å². The number of likely N-dealkylation sites (N-methyl/N-ethyl adjacent to an activating group) is 1. The van der Waals surface area contributed by atoms with Gasteiger partial charge in [-0.2, -0.15) is 0 Å². The van der Waals surface area contributed by atoms with E-state index in [1.165, 1.54) is 0 Å². The van der Waals surface area contributed by atoms with E-state index in [0.29, 0.717) is 12.5 Å². The zero-order chi connectivity index (χ0) is 16.4. The van der Waals surface area contributed by atoms with Crippen LogP contribution in [0.25, 0.3) is 6.08 Å². The van der Waals surface area contributed by atoms with Crippen LogP contribution in [0, 0.1) is 5.92 Å². The Kier molecular flexibility index (Phi) is 8.86. The summed E-state index contributed by atoms with van der Waals surface area (Å²) < 4.78 is 0. The third kappa shape index (κ3) is 8.85. The Hall–Kier alpha value is -1.32. The summed E-state index contributed by atoms with van der Waals surface area (Å²) in [4.78, 5) is 7.50. The smallest absolute Gasteiger partial charge is 0.129 e. The first-order chi connectivity index (χ1) is 10.5. The lowest BCUT2D eigenvalue weighted by atomic mass is 10.0. The van der Waals surface area contributed by atoms with Crippen molar-refractivity contribution in [3.8, 4) is 0 Å². The molecular formula is C18H27ClN2O. The molecule has 0 aliphatic heterocycles. The first kappa shape index (κ1) is 18.7. The molecule has 0 saturated carbocycles. The van der Waals surface area contributed by atoms with Crippen LogP contribution in [0.2, 0.25) is 5.02 Å². The SMILES string of the molecule is CC(C)CCC(/C=C/c1ccc(Cl)cc1)=N\OCCN(C)C. The summed E-state index contributed by atoms with van der Waals surface area (Å²) in [6.45, 7) is 5.90. The standard InChI is InChI=1S/C18H27ClN2O/c1-15(2)5-11-18(20-22-14-13-21(3)4)12-8-16-6-9-17(19)10-7-16/h6-10,12,15H,5,11,13-14H2,1-4H3/b12-8+,20-18+. The fraction of sp³-hybridized carbons (Fsp3) is 0.500. The van der Waals surface area contributed by atoms with E-state index in [-0.39, 0.29) is 0 Å². The highest BCUT2D eigenvalue weighted by Crippen LogP contribution is 2.12. The van der Waals surface area contributed by atoms with Crippen LogP contribution >= 0.6 is 11.6 Å². The Balaban J connectivity index is 2.63. The molecule has 0 aliphatic rings. The average molecular weight is 323 g/mol. The maximum Gasteiger partial charge on any atom is 0.129 e. The second kappa shape index (κ2) is 10.4. The van der Waals surface area contributed by atoms with Crippen LogP contribution in [0.4, 0.5) is 0 Å². The summed E-state index contributed by atoms with van der Waals surface area (Å²) in [6, 6.07) is 7.76. The molecule has 3 nitrogen and oxygen atoms in total. The monoisotopic (exact) mass is 322 g/mol. The maximum atomic E-state index is 5.90. The van der Waals surface area contributed by atoms with E-state index in [1.54, 1.807) is 0 Å². The minimum Gasteiger partial charge on any atom is -0.394 e. The Morgan fingerprint density at radius 2 is 1.95 bits per heavy atom. The minimum absolute atomic E-state index is 0.604. The van der Waals surface area contributed by atoms with Crippen molar-refractivity contribution in [3.05, 3.63) is 40.9 Å². The second-order valence-corrected chi connectivity index (χ2v) is 6.47. The Labute approximate surface area is 139 Å². The summed E-state index contributed by atoms with van der Waals surface area (Å²) in [5.74, 6) is 0.649. The molecule has 0 atom stereocenters. The normalized spacial score (nSPS) is 12.6. The fourth-order valence-electron chi connectivity index (χ4n) is 1.71. The summed E-state index contributed by atoms with van der Waals surface area (Å²) >= 11 is 5.90. The second-order valence-electron chi connectivity index (χ2n) is 6.04. The van der Waals surface area contributed by atoms with Crippen LogP contribution in [0.5, 0.6) is 0 Å². The molecule has 0 spiro atoms. The predicted octanol–water partition coefficient (Wildman–Crippen LogP) is 4.72. The van der Waals surface area contributed by atoms with E-state index in [0.717, 1.165) is 35.7 Å². The van der Waals surface area contributed by atoms with Gasteiger partial charge in [0.05, 0.1) is 5.71 Å². The molecule has 0 amide bonds. The van der Waals surface area contributed by atoms with E-state index >= 15 is 0 Å². The Bertz CT molecular complexity index is 478. The summed E-state index contributed by atoms with van der Waals surface area (Å²) in [6.07, 6.45) is 6.09. The largest absolute Gasteiger partial charge is 0.394 e. The van der Waals surface area contributed by atoms with E-state index in [9.17, 15) is 0 Å². The summed E-state index contributed by atoms with van der Waals surface area (Å²) in [5.41, 5.74) is 2.08. The lowest BCUT2D eigenvalue weighted by Crippen LogP contribution is -2.17. The predicted molar refractivity (Wildman–Crippen MR) is 96.5 cm³/mol. The molecule has 0 radical (unpaired) electrons. The fourth-order valence-corrected chi connectivity index (χ4v) is 1.84. The van der Waals surface area contributed by atoms with Gasteiger partial charge in [-0.25, -0.2) is 0 Å². The zero-order valence-electron chi connectivity index (χ0n) is 14.1. The van der Waals surface area contributed by atoms with Crippen LogP contribution in [0.3, 0.4) is 0 Å². The highest BCUT2D eigenvalue weighted by Gasteiger charge is 2.00. The summed E-state index contributed by atoms with van der Waals surface area (Å²) in [5, 5.41) is 5.03. The number of allylic oxidation sites excluding steroid dienone is 1. The van der Waals surface area contributed by atoms with Gasteiger partial charge in [0.2, 0.25) is 0 Å². The van der Waals surface area contributed by atoms with Crippen molar-refractivity contribution in [2.75, 3.05) is 27.2 Å². The van der Waals surface area contributed by atoms with Crippen LogP contribution < -0.4 is 0 Å². The number of oxime groups is 1. The van der Waals surface area contributed by atoms with Crippen molar-refractivity contribution in [1.82, 2.24) is 4.90 Å². The minimum atomic E-state index is 0.604. The average Bonchev–Trinajstić information content (AvgIpc) is 2.46.